The number of methoxy groups -OCH3 is 1. The van der Waals surface area contributed by atoms with Crippen LogP contribution in [0.2, 0.25) is 0 Å². The fraction of sp³-hybridized carbons (Fsp3) is 0.409. The number of pyridine rings is 1. The maximum atomic E-state index is 12.6. The summed E-state index contributed by atoms with van der Waals surface area (Å²) in [5.74, 6) is 1.55. The van der Waals surface area contributed by atoms with Gasteiger partial charge in [-0.3, -0.25) is 4.79 Å². The fourth-order valence-electron chi connectivity index (χ4n) is 3.86. The molecule has 2 heterocycles. The molecular weight excluding hydrogens is 370 g/mol. The number of aryl methyl sites for hydroxylation is 1. The first-order chi connectivity index (χ1) is 14.1. The second-order valence-corrected chi connectivity index (χ2v) is 7.59. The lowest BCUT2D eigenvalue weighted by atomic mass is 9.82. The van der Waals surface area contributed by atoms with Crippen molar-refractivity contribution in [1.82, 2.24) is 9.97 Å². The van der Waals surface area contributed by atoms with Crippen molar-refractivity contribution in [3.8, 4) is 5.75 Å². The second kappa shape index (κ2) is 8.21. The zero-order valence-electron chi connectivity index (χ0n) is 16.6. The minimum absolute atomic E-state index is 0.246. The number of carbonyl (C=O) groups excluding carboxylic acids is 1. The monoisotopic (exact) mass is 395 g/mol. The molecular formula is C22H25N3O4. The summed E-state index contributed by atoms with van der Waals surface area (Å²) >= 11 is 0. The van der Waals surface area contributed by atoms with Crippen molar-refractivity contribution in [3.63, 3.8) is 0 Å². The summed E-state index contributed by atoms with van der Waals surface area (Å²) in [6.07, 6.45) is 3.87. The summed E-state index contributed by atoms with van der Waals surface area (Å²) < 4.78 is 11.5. The Morgan fingerprint density at radius 3 is 2.72 bits per heavy atom. The number of aliphatic hydroxyl groups excluding tert-OH is 1. The van der Waals surface area contributed by atoms with Crippen molar-refractivity contribution < 1.29 is 19.1 Å². The SMILES string of the molecule is COc1cc2nc(C3CCC(CO)CC3)oc2cc1NC(=O)c1cccc(C)n1. The summed E-state index contributed by atoms with van der Waals surface area (Å²) in [6.45, 7) is 2.09. The highest BCUT2D eigenvalue weighted by Gasteiger charge is 2.26. The number of oxazole rings is 1. The van der Waals surface area contributed by atoms with Crippen LogP contribution in [0.15, 0.2) is 34.7 Å². The molecule has 0 spiro atoms. The minimum atomic E-state index is -0.312. The third-order valence-corrected chi connectivity index (χ3v) is 5.55. The van der Waals surface area contributed by atoms with Crippen LogP contribution in [0.4, 0.5) is 5.69 Å². The number of anilines is 1. The Labute approximate surface area is 169 Å². The van der Waals surface area contributed by atoms with Gasteiger partial charge in [-0.2, -0.15) is 0 Å². The summed E-state index contributed by atoms with van der Waals surface area (Å²) in [6, 6.07) is 8.83. The number of rotatable bonds is 5. The lowest BCUT2D eigenvalue weighted by Crippen LogP contribution is -2.16. The molecule has 0 unspecified atom stereocenters. The maximum absolute atomic E-state index is 12.6. The number of benzene rings is 1. The highest BCUT2D eigenvalue weighted by atomic mass is 16.5. The van der Waals surface area contributed by atoms with Gasteiger partial charge in [-0.15, -0.1) is 0 Å². The molecule has 3 aromatic rings. The third-order valence-electron chi connectivity index (χ3n) is 5.55. The first-order valence-corrected chi connectivity index (χ1v) is 9.91. The number of hydrogen-bond acceptors (Lipinski definition) is 6. The quantitative estimate of drug-likeness (QED) is 0.676. The van der Waals surface area contributed by atoms with E-state index in [9.17, 15) is 9.90 Å². The Kier molecular flexibility index (Phi) is 5.49. The molecule has 1 aliphatic carbocycles. The molecule has 1 saturated carbocycles. The number of amides is 1. The lowest BCUT2D eigenvalue weighted by Gasteiger charge is -2.24. The van der Waals surface area contributed by atoms with Gasteiger partial charge in [-0.1, -0.05) is 6.07 Å². The molecule has 0 atom stereocenters. The van der Waals surface area contributed by atoms with Gasteiger partial charge in [0, 0.05) is 30.4 Å². The molecule has 1 fully saturated rings. The predicted molar refractivity (Wildman–Crippen MR) is 109 cm³/mol. The third kappa shape index (κ3) is 4.10. The highest BCUT2D eigenvalue weighted by Crippen LogP contribution is 2.38. The van der Waals surface area contributed by atoms with Crippen molar-refractivity contribution in [2.45, 2.75) is 38.5 Å². The van der Waals surface area contributed by atoms with Gasteiger partial charge in [0.15, 0.2) is 11.5 Å². The number of aliphatic hydroxyl groups is 1. The Bertz CT molecular complexity index is 1020. The van der Waals surface area contributed by atoms with Crippen LogP contribution in [0.1, 0.15) is 53.7 Å². The van der Waals surface area contributed by atoms with Gasteiger partial charge < -0.3 is 19.6 Å². The van der Waals surface area contributed by atoms with Crippen molar-refractivity contribution in [2.24, 2.45) is 5.92 Å². The van der Waals surface area contributed by atoms with Crippen LogP contribution in [0.25, 0.3) is 11.1 Å². The summed E-state index contributed by atoms with van der Waals surface area (Å²) in [4.78, 5) is 21.5. The number of hydrogen-bond donors (Lipinski definition) is 2. The van der Waals surface area contributed by atoms with E-state index in [0.29, 0.717) is 40.0 Å². The van der Waals surface area contributed by atoms with E-state index in [1.807, 2.05) is 13.0 Å². The standard InChI is InChI=1S/C22H25N3O4/c1-13-4-3-5-16(23-13)21(27)24-17-11-20-18(10-19(17)28-2)25-22(29-20)15-8-6-14(12-26)7-9-15/h3-5,10-11,14-15,26H,6-9,12H2,1-2H3,(H,24,27). The van der Waals surface area contributed by atoms with Crippen LogP contribution >= 0.6 is 0 Å². The maximum Gasteiger partial charge on any atom is 0.274 e. The van der Waals surface area contributed by atoms with E-state index in [-0.39, 0.29) is 18.4 Å². The van der Waals surface area contributed by atoms with E-state index < -0.39 is 0 Å². The van der Waals surface area contributed by atoms with Crippen molar-refractivity contribution >= 4 is 22.7 Å². The van der Waals surface area contributed by atoms with Gasteiger partial charge in [0.25, 0.3) is 5.91 Å². The van der Waals surface area contributed by atoms with Gasteiger partial charge in [0.1, 0.15) is 17.0 Å². The molecule has 152 valence electrons. The van der Waals surface area contributed by atoms with Gasteiger partial charge in [-0.25, -0.2) is 9.97 Å². The molecule has 0 aliphatic heterocycles. The average Bonchev–Trinajstić information content (AvgIpc) is 3.16. The zero-order valence-corrected chi connectivity index (χ0v) is 16.6. The molecule has 1 aromatic carbocycles. The van der Waals surface area contributed by atoms with E-state index in [1.165, 1.54) is 0 Å². The number of nitrogens with zero attached hydrogens (tertiary/aromatic N) is 2. The number of aromatic nitrogens is 2. The van der Waals surface area contributed by atoms with Gasteiger partial charge >= 0.3 is 0 Å². The normalized spacial score (nSPS) is 19.3. The zero-order chi connectivity index (χ0) is 20.4. The molecule has 7 nitrogen and oxygen atoms in total. The molecule has 7 heteroatoms. The first-order valence-electron chi connectivity index (χ1n) is 9.91. The average molecular weight is 395 g/mol. The number of ether oxygens (including phenoxy) is 1. The molecule has 2 aromatic heterocycles. The van der Waals surface area contributed by atoms with E-state index in [4.69, 9.17) is 9.15 Å². The molecule has 1 amide bonds. The summed E-state index contributed by atoms with van der Waals surface area (Å²) in [5, 5.41) is 12.2. The van der Waals surface area contributed by atoms with Crippen LogP contribution in [-0.4, -0.2) is 34.7 Å². The molecule has 29 heavy (non-hydrogen) atoms. The van der Waals surface area contributed by atoms with Gasteiger partial charge in [0.05, 0.1) is 12.8 Å². The van der Waals surface area contributed by atoms with Crippen molar-refractivity contribution in [2.75, 3.05) is 19.0 Å². The Morgan fingerprint density at radius 1 is 1.24 bits per heavy atom. The van der Waals surface area contributed by atoms with Crippen LogP contribution in [-0.2, 0) is 0 Å². The van der Waals surface area contributed by atoms with Crippen molar-refractivity contribution in [3.05, 3.63) is 47.6 Å². The van der Waals surface area contributed by atoms with E-state index in [1.54, 1.807) is 31.4 Å². The topological polar surface area (TPSA) is 97.5 Å². The van der Waals surface area contributed by atoms with E-state index >= 15 is 0 Å². The highest BCUT2D eigenvalue weighted by molar-refractivity contribution is 6.04. The molecule has 1 aliphatic rings. The fourth-order valence-corrected chi connectivity index (χ4v) is 3.86. The minimum Gasteiger partial charge on any atom is -0.494 e. The van der Waals surface area contributed by atoms with Crippen molar-refractivity contribution in [1.29, 1.82) is 0 Å². The van der Waals surface area contributed by atoms with Crippen LogP contribution < -0.4 is 10.1 Å². The molecule has 0 bridgehead atoms. The number of fused-ring (bicyclic) bond motifs is 1. The number of nitrogens with one attached hydrogen (secondary N) is 1. The number of carbonyl (C=O) groups is 1. The first kappa shape index (κ1) is 19.4. The summed E-state index contributed by atoms with van der Waals surface area (Å²) in [5.41, 5.74) is 2.94. The Balaban J connectivity index is 1.59. The predicted octanol–water partition coefficient (Wildman–Crippen LogP) is 4.06. The molecule has 2 N–H and O–H groups in total. The molecule has 0 radical (unpaired) electrons. The Morgan fingerprint density at radius 2 is 2.03 bits per heavy atom. The van der Waals surface area contributed by atoms with Gasteiger partial charge in [-0.05, 0) is 50.7 Å². The van der Waals surface area contributed by atoms with E-state index in [0.717, 1.165) is 31.4 Å². The molecule has 4 rings (SSSR count). The summed E-state index contributed by atoms with van der Waals surface area (Å²) in [7, 11) is 1.55. The van der Waals surface area contributed by atoms with Crippen LogP contribution in [0, 0.1) is 12.8 Å². The second-order valence-electron chi connectivity index (χ2n) is 7.59. The van der Waals surface area contributed by atoms with Crippen LogP contribution in [0.5, 0.6) is 5.75 Å². The smallest absolute Gasteiger partial charge is 0.274 e. The lowest BCUT2D eigenvalue weighted by molar-refractivity contribution is 0.102. The van der Waals surface area contributed by atoms with Gasteiger partial charge in [0.2, 0.25) is 0 Å². The Hall–Kier alpha value is -2.93. The molecule has 0 saturated heterocycles. The largest absolute Gasteiger partial charge is 0.494 e. The van der Waals surface area contributed by atoms with Crippen LogP contribution in [0.3, 0.4) is 0 Å². The van der Waals surface area contributed by atoms with E-state index in [2.05, 4.69) is 15.3 Å².